The highest BCUT2D eigenvalue weighted by Gasteiger charge is 2.32. The van der Waals surface area contributed by atoms with E-state index in [4.69, 9.17) is 0 Å². The van der Waals surface area contributed by atoms with Gasteiger partial charge in [0, 0.05) is 13.1 Å². The molecule has 0 aliphatic carbocycles. The number of halogens is 3. The molecule has 0 bridgehead atoms. The maximum atomic E-state index is 13.7. The fraction of sp³-hybridized carbons (Fsp3) is 0.286. The van der Waals surface area contributed by atoms with E-state index in [0.717, 1.165) is 26.8 Å². The van der Waals surface area contributed by atoms with Crippen LogP contribution in [0.1, 0.15) is 29.3 Å². The Labute approximate surface area is 228 Å². The van der Waals surface area contributed by atoms with E-state index in [1.54, 1.807) is 42.8 Å². The van der Waals surface area contributed by atoms with E-state index in [2.05, 4.69) is 16.5 Å². The third-order valence-electron chi connectivity index (χ3n) is 6.40. The number of likely N-dealkylation sites (N-methyl/N-ethyl adjacent to an activating group) is 1. The molecular formula is C28H28F3N7O2. The normalized spacial score (nSPS) is 11.6. The zero-order valence-electron chi connectivity index (χ0n) is 22.5. The third-order valence-corrected chi connectivity index (χ3v) is 6.40. The second-order valence-corrected chi connectivity index (χ2v) is 9.41. The Bertz CT molecular complexity index is 1660. The fourth-order valence-electron chi connectivity index (χ4n) is 4.53. The molecule has 2 aromatic heterocycles. The molecule has 0 saturated heterocycles. The smallest absolute Gasteiger partial charge is 0.338 e. The van der Waals surface area contributed by atoms with Gasteiger partial charge >= 0.3 is 17.9 Å². The molecule has 0 unspecified atom stereocenters. The van der Waals surface area contributed by atoms with Crippen molar-refractivity contribution in [2.24, 2.45) is 0 Å². The molecule has 2 aromatic carbocycles. The molecule has 4 rings (SSSR count). The molecule has 1 N–H and O–H groups in total. The van der Waals surface area contributed by atoms with E-state index in [0.29, 0.717) is 29.9 Å². The first kappa shape index (κ1) is 28.4. The van der Waals surface area contributed by atoms with Crippen LogP contribution in [0.25, 0.3) is 22.8 Å². The Morgan fingerprint density at radius 2 is 1.90 bits per heavy atom. The fourth-order valence-corrected chi connectivity index (χ4v) is 4.53. The number of hydrogen-bond donors (Lipinski definition) is 1. The number of imidazole rings is 1. The zero-order valence-corrected chi connectivity index (χ0v) is 22.5. The summed E-state index contributed by atoms with van der Waals surface area (Å²) in [6.07, 6.45) is -2.52. The van der Waals surface area contributed by atoms with Gasteiger partial charge in [-0.05, 0) is 82.4 Å². The van der Waals surface area contributed by atoms with Crippen molar-refractivity contribution < 1.29 is 18.0 Å². The topological polar surface area (TPSA) is 101 Å². The molecule has 208 valence electrons. The molecule has 2 heterocycles. The van der Waals surface area contributed by atoms with Gasteiger partial charge in [0.05, 0.1) is 46.2 Å². The molecule has 40 heavy (non-hydrogen) atoms. The van der Waals surface area contributed by atoms with Crippen LogP contribution in [0.4, 0.5) is 18.0 Å². The van der Waals surface area contributed by atoms with Gasteiger partial charge < -0.3 is 10.2 Å². The van der Waals surface area contributed by atoms with E-state index in [1.807, 2.05) is 19.0 Å². The highest BCUT2D eigenvalue weighted by atomic mass is 19.4. The first-order valence-corrected chi connectivity index (χ1v) is 12.5. The molecule has 9 nitrogen and oxygen atoms in total. The minimum absolute atomic E-state index is 0.0299. The second kappa shape index (κ2) is 11.2. The molecule has 0 aliphatic rings. The van der Waals surface area contributed by atoms with Crippen LogP contribution >= 0.6 is 0 Å². The summed E-state index contributed by atoms with van der Waals surface area (Å²) in [6.45, 7) is 4.17. The van der Waals surface area contributed by atoms with Crippen LogP contribution in [0.5, 0.6) is 0 Å². The van der Waals surface area contributed by atoms with Crippen molar-refractivity contribution >= 4 is 6.03 Å². The van der Waals surface area contributed by atoms with Crippen LogP contribution in [-0.4, -0.2) is 57.0 Å². The minimum atomic E-state index is -4.62. The lowest BCUT2D eigenvalue weighted by Gasteiger charge is -2.16. The van der Waals surface area contributed by atoms with Gasteiger partial charge in [-0.15, -0.1) is 0 Å². The summed E-state index contributed by atoms with van der Waals surface area (Å²) in [5.74, 6) is 0. The standard InChI is InChI=1S/C28H28F3N7O2/c1-5-33-26(39)37-25(18(2)36(27(37)40)22-8-6-7-21(16-22)28(29,30)31)24-11-13-34-38(24)23-10-9-19(17-32)15-20(23)12-14-35(3)4/h6-11,13,15-16H,5,12,14H2,1-4H3,(H,33,39). The van der Waals surface area contributed by atoms with Gasteiger partial charge in [0.2, 0.25) is 0 Å². The second-order valence-electron chi connectivity index (χ2n) is 9.41. The largest absolute Gasteiger partial charge is 0.416 e. The maximum absolute atomic E-state index is 13.7. The first-order valence-electron chi connectivity index (χ1n) is 12.5. The lowest BCUT2D eigenvalue weighted by Crippen LogP contribution is -2.37. The molecule has 0 spiro atoms. The molecule has 1 amide bonds. The lowest BCUT2D eigenvalue weighted by molar-refractivity contribution is -0.137. The maximum Gasteiger partial charge on any atom is 0.416 e. The van der Waals surface area contributed by atoms with Crippen molar-refractivity contribution in [2.45, 2.75) is 26.4 Å². The molecule has 0 radical (unpaired) electrons. The lowest BCUT2D eigenvalue weighted by atomic mass is 10.1. The SMILES string of the molecule is CCNC(=O)n1c(-c2ccnn2-c2ccc(C#N)cc2CCN(C)C)c(C)n(-c2cccc(C(F)(F)F)c2)c1=O. The van der Waals surface area contributed by atoms with Gasteiger partial charge in [-0.3, -0.25) is 4.57 Å². The summed E-state index contributed by atoms with van der Waals surface area (Å²) in [6, 6.07) is 12.6. The summed E-state index contributed by atoms with van der Waals surface area (Å²) in [7, 11) is 3.86. The monoisotopic (exact) mass is 551 g/mol. The van der Waals surface area contributed by atoms with Crippen molar-refractivity contribution in [1.82, 2.24) is 29.1 Å². The van der Waals surface area contributed by atoms with Crippen molar-refractivity contribution in [1.29, 1.82) is 5.26 Å². The van der Waals surface area contributed by atoms with Crippen molar-refractivity contribution in [3.05, 3.63) is 87.6 Å². The van der Waals surface area contributed by atoms with Crippen LogP contribution in [0.15, 0.2) is 59.5 Å². The minimum Gasteiger partial charge on any atom is -0.338 e. The average molecular weight is 552 g/mol. The van der Waals surface area contributed by atoms with E-state index < -0.39 is 23.5 Å². The number of carbonyl (C=O) groups excluding carboxylic acids is 1. The van der Waals surface area contributed by atoms with Crippen LogP contribution in [0.2, 0.25) is 0 Å². The summed E-state index contributed by atoms with van der Waals surface area (Å²) < 4.78 is 44.0. The Morgan fingerprint density at radius 3 is 2.55 bits per heavy atom. The summed E-state index contributed by atoms with van der Waals surface area (Å²) in [5.41, 5.74) is 0.962. The number of rotatable bonds is 7. The van der Waals surface area contributed by atoms with Crippen molar-refractivity contribution in [3.8, 4) is 28.8 Å². The summed E-state index contributed by atoms with van der Waals surface area (Å²) >= 11 is 0. The van der Waals surface area contributed by atoms with Crippen LogP contribution in [-0.2, 0) is 12.6 Å². The Balaban J connectivity index is 1.98. The average Bonchev–Trinajstić information content (AvgIpc) is 3.48. The molecule has 0 aliphatic heterocycles. The zero-order chi connectivity index (χ0) is 29.2. The molecular weight excluding hydrogens is 523 g/mol. The van der Waals surface area contributed by atoms with Gasteiger partial charge in [-0.1, -0.05) is 6.07 Å². The molecule has 0 atom stereocenters. The molecule has 0 saturated carbocycles. The van der Waals surface area contributed by atoms with E-state index in [-0.39, 0.29) is 23.6 Å². The third kappa shape index (κ3) is 5.41. The molecule has 4 aromatic rings. The number of aromatic nitrogens is 4. The number of amides is 1. The number of alkyl halides is 3. The van der Waals surface area contributed by atoms with E-state index >= 15 is 0 Å². The number of nitriles is 1. The van der Waals surface area contributed by atoms with Gasteiger partial charge in [0.25, 0.3) is 0 Å². The van der Waals surface area contributed by atoms with E-state index in [9.17, 15) is 28.0 Å². The Hall–Kier alpha value is -4.63. The first-order chi connectivity index (χ1) is 19.0. The number of carbonyl (C=O) groups is 1. The van der Waals surface area contributed by atoms with Gasteiger partial charge in [0.1, 0.15) is 5.69 Å². The van der Waals surface area contributed by atoms with Gasteiger partial charge in [-0.2, -0.15) is 23.5 Å². The molecule has 0 fully saturated rings. The summed E-state index contributed by atoms with van der Waals surface area (Å²) in [4.78, 5) is 28.8. The molecule has 12 heteroatoms. The number of nitrogens with one attached hydrogen (secondary N) is 1. The van der Waals surface area contributed by atoms with Crippen LogP contribution in [0.3, 0.4) is 0 Å². The highest BCUT2D eigenvalue weighted by molar-refractivity contribution is 5.83. The quantitative estimate of drug-likeness (QED) is 0.368. The Morgan fingerprint density at radius 1 is 1.15 bits per heavy atom. The number of nitrogens with zero attached hydrogens (tertiary/aromatic N) is 6. The number of hydrogen-bond acceptors (Lipinski definition) is 5. The van der Waals surface area contributed by atoms with E-state index in [1.165, 1.54) is 18.3 Å². The highest BCUT2D eigenvalue weighted by Crippen LogP contribution is 2.32. The van der Waals surface area contributed by atoms with Crippen LogP contribution in [0, 0.1) is 18.3 Å². The van der Waals surface area contributed by atoms with Crippen LogP contribution < -0.4 is 11.0 Å². The Kier molecular flexibility index (Phi) is 7.97. The van der Waals surface area contributed by atoms with Gasteiger partial charge in [-0.25, -0.2) is 18.8 Å². The summed E-state index contributed by atoms with van der Waals surface area (Å²) in [5, 5.41) is 16.5. The van der Waals surface area contributed by atoms with Crippen molar-refractivity contribution in [3.63, 3.8) is 0 Å². The predicted molar refractivity (Wildman–Crippen MR) is 144 cm³/mol. The van der Waals surface area contributed by atoms with Gasteiger partial charge in [0.15, 0.2) is 0 Å². The predicted octanol–water partition coefficient (Wildman–Crippen LogP) is 4.37. The number of benzene rings is 2. The van der Waals surface area contributed by atoms with Crippen molar-refractivity contribution in [2.75, 3.05) is 27.2 Å².